The van der Waals surface area contributed by atoms with Gasteiger partial charge in [-0.05, 0) is 53.4 Å². The fraction of sp³-hybridized carbons (Fsp3) is 1.00. The molecule has 0 aliphatic rings. The van der Waals surface area contributed by atoms with Gasteiger partial charge >= 0.3 is 94.8 Å². The van der Waals surface area contributed by atoms with E-state index in [0.29, 0.717) is 18.8 Å². The van der Waals surface area contributed by atoms with Crippen molar-refractivity contribution < 1.29 is 178 Å². The molecule has 0 aromatic carbocycles. The molecule has 0 bridgehead atoms. The van der Waals surface area contributed by atoms with E-state index in [2.05, 4.69) is 78.7 Å². The van der Waals surface area contributed by atoms with Crippen LogP contribution in [0.5, 0.6) is 0 Å². The highest BCUT2D eigenvalue weighted by atomic mass is 19.4. The van der Waals surface area contributed by atoms with Crippen LogP contribution in [0.1, 0.15) is 261 Å². The van der Waals surface area contributed by atoms with E-state index in [9.17, 15) is 140 Å². The second-order valence-electron chi connectivity index (χ2n) is 29.0. The average molecular weight is 1710 g/mol. The van der Waals surface area contributed by atoms with E-state index in [1.165, 1.54) is 78.1 Å². The first-order valence-electron chi connectivity index (χ1n) is 36.0. The van der Waals surface area contributed by atoms with Gasteiger partial charge in [0, 0.05) is 77.0 Å². The summed E-state index contributed by atoms with van der Waals surface area (Å²) in [5.41, 5.74) is 0. The lowest BCUT2D eigenvalue weighted by Gasteiger charge is -2.40. The third-order valence-electron chi connectivity index (χ3n) is 18.1. The van der Waals surface area contributed by atoms with Gasteiger partial charge in [-0.25, -0.2) is 0 Å². The lowest BCUT2D eigenvalue weighted by Crippen LogP contribution is -2.66. The molecule has 0 radical (unpaired) electrons. The molecule has 111 heavy (non-hydrogen) atoms. The Bertz CT molecular complexity index is 2340. The van der Waals surface area contributed by atoms with Crippen molar-refractivity contribution in [3.05, 3.63) is 0 Å². The summed E-state index contributed by atoms with van der Waals surface area (Å²) in [7, 11) is 0. The van der Waals surface area contributed by atoms with Crippen LogP contribution in [0.2, 0.25) is 0 Å². The Labute approximate surface area is 633 Å². The van der Waals surface area contributed by atoms with Gasteiger partial charge in [0.2, 0.25) is 0 Å². The predicted molar refractivity (Wildman–Crippen MR) is 355 cm³/mol. The molecule has 8 nitrogen and oxygen atoms in total. The second-order valence-corrected chi connectivity index (χ2v) is 29.0. The Morgan fingerprint density at radius 1 is 0.189 bits per heavy atom. The molecule has 0 spiro atoms. The Hall–Kier alpha value is -2.56. The largest absolute Gasteiger partial charge is 0.384 e. The maximum absolute atomic E-state index is 13.9. The monoisotopic (exact) mass is 1710 g/mol. The quantitative estimate of drug-likeness (QED) is 0.0339. The minimum Gasteiger partial charge on any atom is -0.350 e. The summed E-state index contributed by atoms with van der Waals surface area (Å²) in [6.45, 7) is 21.8. The van der Waals surface area contributed by atoms with Crippen LogP contribution in [0.25, 0.3) is 0 Å². The summed E-state index contributed by atoms with van der Waals surface area (Å²) < 4.78 is 470. The van der Waals surface area contributed by atoms with Crippen LogP contribution in [-0.2, 0) is 37.9 Å². The molecule has 0 heterocycles. The van der Waals surface area contributed by atoms with Crippen molar-refractivity contribution in [1.82, 2.24) is 0 Å². The van der Waals surface area contributed by atoms with Crippen LogP contribution in [0.15, 0.2) is 0 Å². The van der Waals surface area contributed by atoms with Crippen LogP contribution in [0.3, 0.4) is 0 Å². The van der Waals surface area contributed by atoms with Gasteiger partial charge in [-0.1, -0.05) is 155 Å². The molecule has 0 aromatic heterocycles. The number of rotatable bonds is 54. The fourth-order valence-corrected chi connectivity index (χ4v) is 8.56. The van der Waals surface area contributed by atoms with Gasteiger partial charge in [0.25, 0.3) is 0 Å². The van der Waals surface area contributed by atoms with Crippen molar-refractivity contribution in [3.8, 4) is 0 Å². The lowest BCUT2D eigenvalue weighted by atomic mass is 9.93. The van der Waals surface area contributed by atoms with Crippen LogP contribution >= 0.6 is 0 Å². The molecule has 0 saturated heterocycles. The van der Waals surface area contributed by atoms with E-state index in [0.717, 1.165) is 72.9 Å². The number of ether oxygens (including phenoxy) is 8. The molecule has 0 amide bonds. The SMILES string of the molecule is C.CC(C)C(C)(OCCC(F)(F)C(F)(F)C(C)(F)F)OCCC(F)(F)C(F)(F)C(C)(F)F.CC(C)C(C)(OCCC(F)(F)C(F)(F)C(F)(F)C(F)(F)C(C)(F)F)OCCC(F)(F)C(F)(F)C(F)(F)C(F)(F)C(C)(F)F.CCCCCCOC(C)(OCCCCCC)C(C)C.CCCCCOC(C)(OCCCCC)C(C)C. The van der Waals surface area contributed by atoms with Crippen molar-refractivity contribution in [2.45, 2.75) is 379 Å². The molecule has 0 N–H and O–H groups in total. The molecular weight excluding hydrogens is 1590 g/mol. The van der Waals surface area contributed by atoms with Gasteiger partial charge in [-0.2, -0.15) is 140 Å². The highest BCUT2D eigenvalue weighted by Gasteiger charge is 2.86. The third-order valence-corrected chi connectivity index (χ3v) is 18.1. The number of alkyl halides is 32. The van der Waals surface area contributed by atoms with Crippen molar-refractivity contribution in [2.24, 2.45) is 23.7 Å². The molecule has 0 aliphatic heterocycles. The molecule has 0 saturated carbocycles. The molecule has 0 aliphatic carbocycles. The summed E-state index contributed by atoms with van der Waals surface area (Å²) in [4.78, 5) is 0. The van der Waals surface area contributed by atoms with Crippen molar-refractivity contribution in [1.29, 1.82) is 0 Å². The molecular formula is C71H120F32O8. The maximum Gasteiger partial charge on any atom is 0.384 e. The van der Waals surface area contributed by atoms with Crippen molar-refractivity contribution in [2.75, 3.05) is 52.9 Å². The Balaban J connectivity index is -0.000000480. The highest BCUT2D eigenvalue weighted by molar-refractivity contribution is 5.09. The second kappa shape index (κ2) is 45.6. The molecule has 0 unspecified atom stereocenters. The van der Waals surface area contributed by atoms with Gasteiger partial charge in [-0.15, -0.1) is 0 Å². The summed E-state index contributed by atoms with van der Waals surface area (Å²) in [6.07, 6.45) is 8.04. The molecule has 0 aromatic rings. The summed E-state index contributed by atoms with van der Waals surface area (Å²) >= 11 is 0. The number of halogens is 32. The molecule has 0 atom stereocenters. The van der Waals surface area contributed by atoms with Gasteiger partial charge in [0.05, 0.1) is 52.9 Å². The van der Waals surface area contributed by atoms with Gasteiger partial charge in [0.15, 0.2) is 23.1 Å². The molecule has 0 rings (SSSR count). The zero-order valence-corrected chi connectivity index (χ0v) is 66.1. The Morgan fingerprint density at radius 3 is 0.486 bits per heavy atom. The first-order valence-corrected chi connectivity index (χ1v) is 36.0. The van der Waals surface area contributed by atoms with Crippen molar-refractivity contribution in [3.63, 3.8) is 0 Å². The fourth-order valence-electron chi connectivity index (χ4n) is 8.56. The Morgan fingerprint density at radius 2 is 0.333 bits per heavy atom. The van der Waals surface area contributed by atoms with Crippen LogP contribution in [0, 0.1) is 23.7 Å². The van der Waals surface area contributed by atoms with E-state index in [1.807, 2.05) is 0 Å². The van der Waals surface area contributed by atoms with Crippen molar-refractivity contribution >= 4 is 0 Å². The zero-order valence-electron chi connectivity index (χ0n) is 66.1. The van der Waals surface area contributed by atoms with E-state index in [-0.39, 0.29) is 7.43 Å². The summed E-state index contributed by atoms with van der Waals surface area (Å²) in [5, 5.41) is 0. The average Bonchev–Trinajstić information content (AvgIpc) is 0.727. The smallest absolute Gasteiger partial charge is 0.350 e. The summed E-state index contributed by atoms with van der Waals surface area (Å²) in [6, 6.07) is 0. The first kappa shape index (κ1) is 117. The molecule has 676 valence electrons. The minimum absolute atomic E-state index is 0. The van der Waals surface area contributed by atoms with Crippen LogP contribution < -0.4 is 0 Å². The topological polar surface area (TPSA) is 73.8 Å². The zero-order chi connectivity index (χ0) is 88.4. The van der Waals surface area contributed by atoms with Gasteiger partial charge in [0.1, 0.15) is 0 Å². The predicted octanol–water partition coefficient (Wildman–Crippen LogP) is 27.5. The minimum atomic E-state index is -7.38. The highest BCUT2D eigenvalue weighted by Crippen LogP contribution is 2.60. The third kappa shape index (κ3) is 32.6. The van der Waals surface area contributed by atoms with E-state index < -0.39 is 210 Å². The van der Waals surface area contributed by atoms with Gasteiger partial charge in [-0.3, -0.25) is 0 Å². The standard InChI is InChI=1S/C21H24F20O2.C17H24F12O2.C17H36O2.C15H32O2.CH4/c1-10(2)11(3,42-8-6-14(26,27)18(34,35)20(38,39)16(30,31)12(4,22)23)43-9-7-15(28,29)19(36,37)21(40,41)17(32,33)13(5,24)25;1-10(2)11(3,30-8-6-14(22,23)16(26,27)12(4,18)19)31-9-7-15(24,25)17(28,29)13(5,20)21;1-6-8-10-12-14-18-17(5,16(3)4)19-15-13-11-9-7-2;1-6-8-10-12-16-15(5,14(3)4)17-13-11-9-7-2;/h10H,6-9H2,1-5H3;10H,6-9H2,1-5H3;16H,6-15H2,1-5H3;14H,6-13H2,1-5H3;1H4. The number of hydrogen-bond acceptors (Lipinski definition) is 8. The molecule has 40 heteroatoms. The number of hydrogen-bond donors (Lipinski definition) is 0. The first-order chi connectivity index (χ1) is 48.8. The molecule has 0 fully saturated rings. The summed E-state index contributed by atoms with van der Waals surface area (Å²) in [5.74, 6) is -107. The Kier molecular flexibility index (Phi) is 48.0. The number of unbranched alkanes of at least 4 members (excludes halogenated alkanes) is 10. The van der Waals surface area contributed by atoms with E-state index >= 15 is 0 Å². The lowest BCUT2D eigenvalue weighted by molar-refractivity contribution is -0.402. The normalized spacial score (nSPS) is 14.7. The van der Waals surface area contributed by atoms with Crippen LogP contribution in [-0.4, -0.2) is 171 Å². The van der Waals surface area contributed by atoms with Crippen LogP contribution in [0.4, 0.5) is 140 Å². The van der Waals surface area contributed by atoms with E-state index in [1.54, 1.807) is 0 Å². The van der Waals surface area contributed by atoms with Gasteiger partial charge < -0.3 is 37.9 Å². The maximum atomic E-state index is 13.9. The van der Waals surface area contributed by atoms with E-state index in [4.69, 9.17) is 28.4 Å².